The number of hydrazine groups is 1. The second-order valence-corrected chi connectivity index (χ2v) is 5.06. The van der Waals surface area contributed by atoms with Gasteiger partial charge in [0.05, 0.1) is 6.10 Å². The smallest absolute Gasteiger partial charge is 0.0576 e. The molecule has 102 valence electrons. The van der Waals surface area contributed by atoms with Gasteiger partial charge < -0.3 is 4.74 Å². The molecule has 1 aliphatic rings. The second-order valence-electron chi connectivity index (χ2n) is 5.06. The number of nitrogens with zero attached hydrogens (tertiary/aromatic N) is 2. The maximum Gasteiger partial charge on any atom is 0.0576 e. The van der Waals surface area contributed by atoms with E-state index in [1.54, 1.807) is 0 Å². The molecule has 5 heteroatoms. The van der Waals surface area contributed by atoms with Crippen LogP contribution in [0.1, 0.15) is 37.8 Å². The molecular weight excluding hydrogens is 228 g/mol. The van der Waals surface area contributed by atoms with Crippen LogP contribution in [-0.2, 0) is 18.2 Å². The molecule has 0 radical (unpaired) electrons. The van der Waals surface area contributed by atoms with Crippen molar-refractivity contribution in [2.45, 2.75) is 50.7 Å². The Labute approximate surface area is 109 Å². The Morgan fingerprint density at radius 1 is 1.61 bits per heavy atom. The molecule has 0 bridgehead atoms. The standard InChI is InChI=1S/C13H24N4O/c1-17-12(8-9-15-17)6-4-11(16-14)5-7-13-3-2-10-18-13/h8-9,11,13,16H,2-7,10,14H2,1H3. The normalized spacial score (nSPS) is 21.3. The number of nitrogens with two attached hydrogens (primary N) is 1. The van der Waals surface area contributed by atoms with E-state index in [0.717, 1.165) is 32.3 Å². The highest BCUT2D eigenvalue weighted by Crippen LogP contribution is 2.18. The minimum atomic E-state index is 0.365. The molecule has 0 amide bonds. The lowest BCUT2D eigenvalue weighted by atomic mass is 10.0. The van der Waals surface area contributed by atoms with Gasteiger partial charge in [-0.25, -0.2) is 0 Å². The third-order valence-electron chi connectivity index (χ3n) is 3.77. The van der Waals surface area contributed by atoms with E-state index < -0.39 is 0 Å². The molecule has 1 saturated heterocycles. The number of aromatic nitrogens is 2. The molecule has 2 atom stereocenters. The van der Waals surface area contributed by atoms with Crippen LogP contribution in [0.4, 0.5) is 0 Å². The summed E-state index contributed by atoms with van der Waals surface area (Å²) in [5.74, 6) is 5.62. The van der Waals surface area contributed by atoms with Crippen molar-refractivity contribution in [2.24, 2.45) is 12.9 Å². The lowest BCUT2D eigenvalue weighted by Crippen LogP contribution is -2.36. The minimum Gasteiger partial charge on any atom is -0.378 e. The van der Waals surface area contributed by atoms with Crippen LogP contribution in [0, 0.1) is 0 Å². The third kappa shape index (κ3) is 3.80. The quantitative estimate of drug-likeness (QED) is 0.564. The van der Waals surface area contributed by atoms with Gasteiger partial charge in [0.25, 0.3) is 0 Å². The zero-order chi connectivity index (χ0) is 12.8. The number of aryl methyl sites for hydroxylation is 2. The first-order chi connectivity index (χ1) is 8.79. The van der Waals surface area contributed by atoms with E-state index in [1.165, 1.54) is 18.5 Å². The van der Waals surface area contributed by atoms with Gasteiger partial charge in [-0.2, -0.15) is 5.10 Å². The van der Waals surface area contributed by atoms with Gasteiger partial charge in [0.2, 0.25) is 0 Å². The molecule has 18 heavy (non-hydrogen) atoms. The molecule has 2 unspecified atom stereocenters. The van der Waals surface area contributed by atoms with Crippen molar-refractivity contribution in [3.63, 3.8) is 0 Å². The van der Waals surface area contributed by atoms with E-state index in [0.29, 0.717) is 12.1 Å². The van der Waals surface area contributed by atoms with Crippen molar-refractivity contribution < 1.29 is 4.74 Å². The van der Waals surface area contributed by atoms with Crippen LogP contribution in [-0.4, -0.2) is 28.5 Å². The fraction of sp³-hybridized carbons (Fsp3) is 0.769. The van der Waals surface area contributed by atoms with Gasteiger partial charge in [-0.15, -0.1) is 0 Å². The molecule has 1 fully saturated rings. The Hall–Kier alpha value is -0.910. The third-order valence-corrected chi connectivity index (χ3v) is 3.77. The summed E-state index contributed by atoms with van der Waals surface area (Å²) in [4.78, 5) is 0. The van der Waals surface area contributed by atoms with Gasteiger partial charge >= 0.3 is 0 Å². The van der Waals surface area contributed by atoms with Crippen LogP contribution < -0.4 is 11.3 Å². The Morgan fingerprint density at radius 2 is 2.50 bits per heavy atom. The number of rotatable bonds is 7. The summed E-state index contributed by atoms with van der Waals surface area (Å²) in [6.07, 6.45) is 8.96. The average molecular weight is 252 g/mol. The monoisotopic (exact) mass is 252 g/mol. The predicted octanol–water partition coefficient (Wildman–Crippen LogP) is 1.14. The molecule has 0 spiro atoms. The van der Waals surface area contributed by atoms with Crippen molar-refractivity contribution in [2.75, 3.05) is 6.61 Å². The molecule has 5 nitrogen and oxygen atoms in total. The Balaban J connectivity index is 1.70. The number of hydrogen-bond acceptors (Lipinski definition) is 4. The Bertz CT molecular complexity index is 347. The highest BCUT2D eigenvalue weighted by atomic mass is 16.5. The number of nitrogens with one attached hydrogen (secondary N) is 1. The minimum absolute atomic E-state index is 0.365. The topological polar surface area (TPSA) is 65.1 Å². The highest BCUT2D eigenvalue weighted by molar-refractivity contribution is 5.00. The van der Waals surface area contributed by atoms with Crippen molar-refractivity contribution >= 4 is 0 Å². The molecular formula is C13H24N4O. The van der Waals surface area contributed by atoms with E-state index in [4.69, 9.17) is 10.6 Å². The summed E-state index contributed by atoms with van der Waals surface area (Å²) in [6.45, 7) is 0.931. The fourth-order valence-corrected chi connectivity index (χ4v) is 2.54. The van der Waals surface area contributed by atoms with E-state index >= 15 is 0 Å². The zero-order valence-corrected chi connectivity index (χ0v) is 11.1. The maximum atomic E-state index is 5.63. The molecule has 1 aliphatic heterocycles. The SMILES string of the molecule is Cn1nccc1CCC(CCC1CCCO1)NN. The van der Waals surface area contributed by atoms with E-state index in [-0.39, 0.29) is 0 Å². The lowest BCUT2D eigenvalue weighted by molar-refractivity contribution is 0.0993. The van der Waals surface area contributed by atoms with Crippen LogP contribution in [0.3, 0.4) is 0 Å². The second kappa shape index (κ2) is 6.87. The molecule has 3 N–H and O–H groups in total. The van der Waals surface area contributed by atoms with E-state index in [2.05, 4.69) is 16.6 Å². The molecule has 1 aromatic heterocycles. The van der Waals surface area contributed by atoms with Gasteiger partial charge in [0.1, 0.15) is 0 Å². The average Bonchev–Trinajstić information content (AvgIpc) is 3.01. The Kier molecular flexibility index (Phi) is 5.16. The van der Waals surface area contributed by atoms with E-state index in [9.17, 15) is 0 Å². The van der Waals surface area contributed by atoms with Crippen LogP contribution in [0.5, 0.6) is 0 Å². The summed E-state index contributed by atoms with van der Waals surface area (Å²) in [7, 11) is 1.98. The fourth-order valence-electron chi connectivity index (χ4n) is 2.54. The summed E-state index contributed by atoms with van der Waals surface area (Å²) in [5, 5.41) is 4.17. The van der Waals surface area contributed by atoms with E-state index in [1.807, 2.05) is 17.9 Å². The molecule has 2 heterocycles. The van der Waals surface area contributed by atoms with Crippen LogP contribution in [0.25, 0.3) is 0 Å². The van der Waals surface area contributed by atoms with Crippen molar-refractivity contribution in [3.8, 4) is 0 Å². The van der Waals surface area contributed by atoms with Crippen LogP contribution in [0.2, 0.25) is 0 Å². The van der Waals surface area contributed by atoms with Gasteiger partial charge in [-0.1, -0.05) is 0 Å². The highest BCUT2D eigenvalue weighted by Gasteiger charge is 2.17. The lowest BCUT2D eigenvalue weighted by Gasteiger charge is -2.17. The number of hydrogen-bond donors (Lipinski definition) is 2. The summed E-state index contributed by atoms with van der Waals surface area (Å²) in [6, 6.07) is 2.43. The molecule has 0 aromatic carbocycles. The van der Waals surface area contributed by atoms with Crippen molar-refractivity contribution in [1.82, 2.24) is 15.2 Å². The number of ether oxygens (including phenoxy) is 1. The summed E-state index contributed by atoms with van der Waals surface area (Å²) >= 11 is 0. The summed E-state index contributed by atoms with van der Waals surface area (Å²) < 4.78 is 7.56. The Morgan fingerprint density at radius 3 is 3.11 bits per heavy atom. The van der Waals surface area contributed by atoms with Gasteiger partial charge in [0.15, 0.2) is 0 Å². The molecule has 1 aromatic rings. The van der Waals surface area contributed by atoms with Crippen LogP contribution >= 0.6 is 0 Å². The van der Waals surface area contributed by atoms with Gasteiger partial charge in [-0.05, 0) is 44.6 Å². The first kappa shape index (κ1) is 13.5. The van der Waals surface area contributed by atoms with Gasteiger partial charge in [0, 0.05) is 31.6 Å². The maximum absolute atomic E-state index is 5.63. The largest absolute Gasteiger partial charge is 0.378 e. The molecule has 0 saturated carbocycles. The van der Waals surface area contributed by atoms with Crippen molar-refractivity contribution in [3.05, 3.63) is 18.0 Å². The molecule has 2 rings (SSSR count). The first-order valence-electron chi connectivity index (χ1n) is 6.84. The summed E-state index contributed by atoms with van der Waals surface area (Å²) in [5.41, 5.74) is 4.18. The van der Waals surface area contributed by atoms with Gasteiger partial charge in [-0.3, -0.25) is 16.0 Å². The van der Waals surface area contributed by atoms with Crippen molar-refractivity contribution in [1.29, 1.82) is 0 Å². The zero-order valence-electron chi connectivity index (χ0n) is 11.1. The van der Waals surface area contributed by atoms with Crippen LogP contribution in [0.15, 0.2) is 12.3 Å². The first-order valence-corrected chi connectivity index (χ1v) is 6.84. The molecule has 0 aliphatic carbocycles. The predicted molar refractivity (Wildman–Crippen MR) is 70.8 cm³/mol.